The fourth-order valence-corrected chi connectivity index (χ4v) is 4.26. The van der Waals surface area contributed by atoms with E-state index in [9.17, 15) is 26.3 Å². The lowest BCUT2D eigenvalue weighted by molar-refractivity contribution is -0.192. The SMILES string of the molecule is CN(CCN)Cc1ccc(-c2ccc(-c3nc4ccc(C(F)(F)F)cc4[nH]3)s2)cc1.O=C(O)C(F)(F)F. The number of nitrogens with one attached hydrogen (secondary N) is 1. The summed E-state index contributed by atoms with van der Waals surface area (Å²) < 4.78 is 70.5. The predicted molar refractivity (Wildman–Crippen MR) is 129 cm³/mol. The minimum Gasteiger partial charge on any atom is -0.475 e. The monoisotopic (exact) mass is 544 g/mol. The van der Waals surface area contributed by atoms with Crippen molar-refractivity contribution in [2.24, 2.45) is 5.73 Å². The van der Waals surface area contributed by atoms with E-state index in [0.29, 0.717) is 23.4 Å². The molecule has 0 aliphatic rings. The van der Waals surface area contributed by atoms with Crippen molar-refractivity contribution in [2.75, 3.05) is 20.1 Å². The summed E-state index contributed by atoms with van der Waals surface area (Å²) >= 11 is 1.55. The van der Waals surface area contributed by atoms with Gasteiger partial charge in [-0.1, -0.05) is 24.3 Å². The number of hydrogen-bond acceptors (Lipinski definition) is 5. The van der Waals surface area contributed by atoms with Gasteiger partial charge in [-0.05, 0) is 48.5 Å². The standard InChI is InChI=1S/C22H21F3N4S.C2HF3O2/c1-29(11-10-26)13-14-2-4-15(5-3-14)19-8-9-20(30-19)21-27-17-7-6-16(22(23,24)25)12-18(17)28-21;3-2(4,5)1(6)7/h2-9,12H,10-11,13,26H2,1H3,(H,27,28);(H,6,7). The molecule has 2 heterocycles. The van der Waals surface area contributed by atoms with Gasteiger partial charge in [0, 0.05) is 24.5 Å². The average molecular weight is 545 g/mol. The molecule has 0 bridgehead atoms. The second-order valence-electron chi connectivity index (χ2n) is 8.01. The van der Waals surface area contributed by atoms with Crippen LogP contribution in [0.15, 0.2) is 54.6 Å². The van der Waals surface area contributed by atoms with E-state index in [1.165, 1.54) is 11.6 Å². The van der Waals surface area contributed by atoms with Gasteiger partial charge < -0.3 is 20.7 Å². The highest BCUT2D eigenvalue weighted by Gasteiger charge is 2.38. The summed E-state index contributed by atoms with van der Waals surface area (Å²) in [5.74, 6) is -2.19. The molecule has 0 aliphatic carbocycles. The van der Waals surface area contributed by atoms with Crippen molar-refractivity contribution < 1.29 is 36.2 Å². The smallest absolute Gasteiger partial charge is 0.475 e. The number of carboxylic acid groups (broad SMARTS) is 1. The molecule has 0 fully saturated rings. The summed E-state index contributed by atoms with van der Waals surface area (Å²) in [4.78, 5) is 20.5. The van der Waals surface area contributed by atoms with Crippen LogP contribution in [0.3, 0.4) is 0 Å². The van der Waals surface area contributed by atoms with Crippen LogP contribution >= 0.6 is 11.3 Å². The minimum absolute atomic E-state index is 0.376. The number of aliphatic carboxylic acids is 1. The number of imidazole rings is 1. The molecule has 0 saturated carbocycles. The Kier molecular flexibility index (Phi) is 8.61. The third kappa shape index (κ3) is 7.54. The number of benzene rings is 2. The summed E-state index contributed by atoms with van der Waals surface area (Å²) in [5.41, 5.74) is 8.09. The van der Waals surface area contributed by atoms with Gasteiger partial charge in [0.05, 0.1) is 21.5 Å². The van der Waals surface area contributed by atoms with E-state index >= 15 is 0 Å². The molecule has 0 unspecified atom stereocenters. The van der Waals surface area contributed by atoms with Crippen molar-refractivity contribution in [1.29, 1.82) is 0 Å². The Morgan fingerprint density at radius 3 is 2.22 bits per heavy atom. The number of H-pyrrole nitrogens is 1. The highest BCUT2D eigenvalue weighted by atomic mass is 32.1. The van der Waals surface area contributed by atoms with Crippen molar-refractivity contribution in [2.45, 2.75) is 18.9 Å². The van der Waals surface area contributed by atoms with Gasteiger partial charge in [0.25, 0.3) is 0 Å². The Bertz CT molecular complexity index is 1350. The molecule has 37 heavy (non-hydrogen) atoms. The van der Waals surface area contributed by atoms with Crippen LogP contribution in [0.5, 0.6) is 0 Å². The molecular weight excluding hydrogens is 522 g/mol. The molecule has 2 aromatic carbocycles. The molecule has 0 atom stereocenters. The van der Waals surface area contributed by atoms with Gasteiger partial charge in [0.15, 0.2) is 0 Å². The Hall–Kier alpha value is -3.42. The summed E-state index contributed by atoms with van der Waals surface area (Å²) in [6, 6.07) is 15.8. The number of nitrogens with two attached hydrogens (primary N) is 1. The first-order chi connectivity index (χ1) is 17.3. The largest absolute Gasteiger partial charge is 0.490 e. The Morgan fingerprint density at radius 2 is 1.65 bits per heavy atom. The van der Waals surface area contributed by atoms with E-state index in [-0.39, 0.29) is 0 Å². The number of carboxylic acids is 1. The van der Waals surface area contributed by atoms with Crippen LogP contribution < -0.4 is 5.73 Å². The summed E-state index contributed by atoms with van der Waals surface area (Å²) in [7, 11) is 2.04. The van der Waals surface area contributed by atoms with Gasteiger partial charge in [-0.2, -0.15) is 26.3 Å². The topological polar surface area (TPSA) is 95.2 Å². The number of nitrogens with zero attached hydrogens (tertiary/aromatic N) is 2. The molecule has 4 rings (SSSR count). The number of fused-ring (bicyclic) bond motifs is 1. The number of alkyl halides is 6. The molecule has 0 radical (unpaired) electrons. The molecule has 0 aliphatic heterocycles. The summed E-state index contributed by atoms with van der Waals surface area (Å²) in [5, 5.41) is 7.12. The molecular formula is C24H22F6N4O2S. The number of hydrogen-bond donors (Lipinski definition) is 3. The number of likely N-dealkylation sites (N-methyl/N-ethyl adjacent to an activating group) is 1. The number of rotatable bonds is 6. The molecule has 198 valence electrons. The molecule has 4 aromatic rings. The third-order valence-electron chi connectivity index (χ3n) is 5.09. The Labute approximate surface area is 211 Å². The minimum atomic E-state index is -5.08. The zero-order valence-corrected chi connectivity index (χ0v) is 20.1. The van der Waals surface area contributed by atoms with Crippen LogP contribution in [0.2, 0.25) is 0 Å². The molecule has 4 N–H and O–H groups in total. The van der Waals surface area contributed by atoms with Gasteiger partial charge in [-0.25, -0.2) is 9.78 Å². The Morgan fingerprint density at radius 1 is 1.03 bits per heavy atom. The highest BCUT2D eigenvalue weighted by Crippen LogP contribution is 2.35. The maximum absolute atomic E-state index is 12.9. The molecule has 2 aromatic heterocycles. The van der Waals surface area contributed by atoms with E-state index in [1.807, 2.05) is 19.2 Å². The quantitative estimate of drug-likeness (QED) is 0.259. The second-order valence-corrected chi connectivity index (χ2v) is 9.09. The number of halogens is 6. The van der Waals surface area contributed by atoms with E-state index in [4.69, 9.17) is 15.6 Å². The highest BCUT2D eigenvalue weighted by molar-refractivity contribution is 7.18. The predicted octanol–water partition coefficient (Wildman–Crippen LogP) is 6.00. The van der Waals surface area contributed by atoms with Crippen LogP contribution in [-0.4, -0.2) is 52.3 Å². The van der Waals surface area contributed by atoms with E-state index < -0.39 is 23.9 Å². The van der Waals surface area contributed by atoms with Gasteiger partial charge in [-0.15, -0.1) is 11.3 Å². The zero-order valence-electron chi connectivity index (χ0n) is 19.3. The second kappa shape index (κ2) is 11.3. The molecule has 0 spiro atoms. The fourth-order valence-electron chi connectivity index (χ4n) is 3.31. The molecule has 6 nitrogen and oxygen atoms in total. The van der Waals surface area contributed by atoms with Crippen LogP contribution in [0, 0.1) is 0 Å². The fraction of sp³-hybridized carbons (Fsp3) is 0.250. The van der Waals surface area contributed by atoms with Crippen molar-refractivity contribution >= 4 is 28.3 Å². The lowest BCUT2D eigenvalue weighted by Crippen LogP contribution is -2.24. The van der Waals surface area contributed by atoms with Gasteiger partial charge in [-0.3, -0.25) is 0 Å². The molecule has 0 amide bonds. The molecule has 0 saturated heterocycles. The van der Waals surface area contributed by atoms with Crippen LogP contribution in [0.1, 0.15) is 11.1 Å². The zero-order chi connectivity index (χ0) is 27.4. The van der Waals surface area contributed by atoms with E-state index in [0.717, 1.165) is 40.5 Å². The van der Waals surface area contributed by atoms with Crippen molar-refractivity contribution in [3.05, 3.63) is 65.7 Å². The molecule has 13 heteroatoms. The van der Waals surface area contributed by atoms with E-state index in [1.54, 1.807) is 11.3 Å². The number of aromatic nitrogens is 2. The first kappa shape index (κ1) is 28.2. The first-order valence-electron chi connectivity index (χ1n) is 10.7. The Balaban J connectivity index is 0.000000479. The number of aromatic amines is 1. The van der Waals surface area contributed by atoms with E-state index in [2.05, 4.69) is 39.1 Å². The lowest BCUT2D eigenvalue weighted by atomic mass is 10.1. The average Bonchev–Trinajstić information content (AvgIpc) is 3.46. The van der Waals surface area contributed by atoms with Gasteiger partial charge in [0.2, 0.25) is 0 Å². The lowest BCUT2D eigenvalue weighted by Gasteiger charge is -2.15. The first-order valence-corrected chi connectivity index (χ1v) is 11.5. The summed E-state index contributed by atoms with van der Waals surface area (Å²) in [6.07, 6.45) is -9.46. The van der Waals surface area contributed by atoms with Crippen molar-refractivity contribution in [3.63, 3.8) is 0 Å². The third-order valence-corrected chi connectivity index (χ3v) is 6.23. The van der Waals surface area contributed by atoms with Crippen LogP contribution in [0.25, 0.3) is 32.2 Å². The van der Waals surface area contributed by atoms with Crippen molar-refractivity contribution in [3.8, 4) is 21.1 Å². The maximum Gasteiger partial charge on any atom is 0.490 e. The van der Waals surface area contributed by atoms with Gasteiger partial charge in [0.1, 0.15) is 5.82 Å². The van der Waals surface area contributed by atoms with Crippen LogP contribution in [0.4, 0.5) is 26.3 Å². The maximum atomic E-state index is 12.9. The normalized spacial score (nSPS) is 12.0. The van der Waals surface area contributed by atoms with Crippen molar-refractivity contribution in [1.82, 2.24) is 14.9 Å². The van der Waals surface area contributed by atoms with Crippen LogP contribution in [-0.2, 0) is 17.5 Å². The summed E-state index contributed by atoms with van der Waals surface area (Å²) in [6.45, 7) is 2.32. The number of thiophene rings is 1. The van der Waals surface area contributed by atoms with Gasteiger partial charge >= 0.3 is 18.3 Å². The number of carbonyl (C=O) groups is 1.